The number of benzene rings is 1. The summed E-state index contributed by atoms with van der Waals surface area (Å²) in [5.41, 5.74) is 2.06. The van der Waals surface area contributed by atoms with E-state index in [1.165, 1.54) is 0 Å². The minimum Gasteiger partial charge on any atom is -0.480 e. The lowest BCUT2D eigenvalue weighted by Crippen LogP contribution is -2.36. The molecule has 1 aromatic carbocycles. The number of amides is 1. The maximum Gasteiger partial charge on any atom is 0.414 e. The Morgan fingerprint density at radius 3 is 2.68 bits per heavy atom. The van der Waals surface area contributed by atoms with E-state index in [9.17, 15) is 9.59 Å². The van der Waals surface area contributed by atoms with Crippen molar-refractivity contribution in [1.29, 1.82) is 0 Å². The van der Waals surface area contributed by atoms with E-state index in [1.807, 2.05) is 39.0 Å². The monoisotopic (exact) mass is 307 g/mol. The lowest BCUT2D eigenvalue weighted by Gasteiger charge is -2.26. The Hall–Kier alpha value is -2.08. The van der Waals surface area contributed by atoms with Gasteiger partial charge in [-0.15, -0.1) is 0 Å². The molecule has 0 bridgehead atoms. The van der Waals surface area contributed by atoms with Crippen molar-refractivity contribution >= 4 is 17.7 Å². The molecule has 1 heterocycles. The van der Waals surface area contributed by atoms with Crippen molar-refractivity contribution in [2.75, 3.05) is 18.1 Å². The van der Waals surface area contributed by atoms with Gasteiger partial charge < -0.3 is 14.6 Å². The van der Waals surface area contributed by atoms with Gasteiger partial charge in [-0.2, -0.15) is 0 Å². The Balaban J connectivity index is 2.17. The van der Waals surface area contributed by atoms with Crippen LogP contribution in [0.2, 0.25) is 0 Å². The van der Waals surface area contributed by atoms with Crippen molar-refractivity contribution in [3.05, 3.63) is 29.3 Å². The summed E-state index contributed by atoms with van der Waals surface area (Å²) < 4.78 is 10.6. The molecule has 6 heteroatoms. The molecule has 6 nitrogen and oxygen atoms in total. The number of ether oxygens (including phenoxy) is 2. The fourth-order valence-electron chi connectivity index (χ4n) is 2.40. The lowest BCUT2D eigenvalue weighted by molar-refractivity contribution is -0.142. The van der Waals surface area contributed by atoms with Crippen LogP contribution in [-0.4, -0.2) is 35.9 Å². The molecule has 1 aliphatic heterocycles. The van der Waals surface area contributed by atoms with Crippen molar-refractivity contribution in [2.45, 2.75) is 39.4 Å². The summed E-state index contributed by atoms with van der Waals surface area (Å²) in [5, 5.41) is 8.64. The second-order valence-corrected chi connectivity index (χ2v) is 6.19. The molecule has 1 N–H and O–H groups in total. The molecular formula is C16H21NO5. The summed E-state index contributed by atoms with van der Waals surface area (Å²) >= 11 is 0. The van der Waals surface area contributed by atoms with Gasteiger partial charge in [0, 0.05) is 12.1 Å². The second kappa shape index (κ2) is 6.36. The van der Waals surface area contributed by atoms with Crippen LogP contribution in [0, 0.1) is 0 Å². The predicted molar refractivity (Wildman–Crippen MR) is 81.0 cm³/mol. The summed E-state index contributed by atoms with van der Waals surface area (Å²) in [6.45, 7) is 5.81. The highest BCUT2D eigenvalue weighted by molar-refractivity contribution is 5.91. The van der Waals surface area contributed by atoms with Crippen LogP contribution < -0.4 is 4.90 Å². The zero-order valence-corrected chi connectivity index (χ0v) is 13.1. The van der Waals surface area contributed by atoms with Gasteiger partial charge in [0.1, 0.15) is 12.2 Å². The van der Waals surface area contributed by atoms with Gasteiger partial charge in [0.25, 0.3) is 0 Å². The molecule has 1 amide bonds. The van der Waals surface area contributed by atoms with E-state index in [1.54, 1.807) is 4.90 Å². The smallest absolute Gasteiger partial charge is 0.414 e. The third-order valence-corrected chi connectivity index (χ3v) is 3.17. The normalized spacial score (nSPS) is 13.9. The van der Waals surface area contributed by atoms with Gasteiger partial charge in [0.15, 0.2) is 0 Å². The van der Waals surface area contributed by atoms with Gasteiger partial charge in [0.2, 0.25) is 0 Å². The number of nitrogens with zero attached hydrogens (tertiary/aromatic N) is 1. The van der Waals surface area contributed by atoms with Crippen molar-refractivity contribution < 1.29 is 24.2 Å². The molecular weight excluding hydrogens is 286 g/mol. The molecule has 0 saturated heterocycles. The number of hydrogen-bond donors (Lipinski definition) is 1. The maximum atomic E-state index is 12.3. The summed E-state index contributed by atoms with van der Waals surface area (Å²) in [6, 6.07) is 5.68. The Bertz CT molecular complexity index is 576. The fourth-order valence-corrected chi connectivity index (χ4v) is 2.40. The number of carbonyl (C=O) groups is 2. The van der Waals surface area contributed by atoms with Gasteiger partial charge >= 0.3 is 12.1 Å². The molecule has 0 spiro atoms. The molecule has 1 aliphatic rings. The van der Waals surface area contributed by atoms with E-state index in [-0.39, 0.29) is 13.2 Å². The number of carbonyl (C=O) groups excluding carboxylic acids is 1. The van der Waals surface area contributed by atoms with Crippen molar-refractivity contribution in [3.63, 3.8) is 0 Å². The van der Waals surface area contributed by atoms with Crippen LogP contribution in [0.25, 0.3) is 0 Å². The maximum absolute atomic E-state index is 12.3. The van der Waals surface area contributed by atoms with Crippen LogP contribution in [0.15, 0.2) is 18.2 Å². The number of para-hydroxylation sites is 1. The topological polar surface area (TPSA) is 76.1 Å². The van der Waals surface area contributed by atoms with E-state index in [0.29, 0.717) is 6.54 Å². The summed E-state index contributed by atoms with van der Waals surface area (Å²) in [5.74, 6) is -1.02. The Morgan fingerprint density at radius 1 is 1.32 bits per heavy atom. The predicted octanol–water partition coefficient (Wildman–Crippen LogP) is 2.59. The average Bonchev–Trinajstić information content (AvgIpc) is 2.81. The molecule has 2 rings (SSSR count). The van der Waals surface area contributed by atoms with E-state index >= 15 is 0 Å². The van der Waals surface area contributed by atoms with Crippen molar-refractivity contribution in [3.8, 4) is 0 Å². The highest BCUT2D eigenvalue weighted by atomic mass is 16.6. The first-order chi connectivity index (χ1) is 10.3. The van der Waals surface area contributed by atoms with E-state index < -0.39 is 17.7 Å². The number of fused-ring (bicyclic) bond motifs is 1. The highest BCUT2D eigenvalue weighted by Crippen LogP contribution is 2.33. The highest BCUT2D eigenvalue weighted by Gasteiger charge is 2.30. The first-order valence-corrected chi connectivity index (χ1v) is 7.19. The molecule has 0 fully saturated rings. The molecule has 120 valence electrons. The van der Waals surface area contributed by atoms with Crippen molar-refractivity contribution in [2.24, 2.45) is 0 Å². The quantitative estimate of drug-likeness (QED) is 0.925. The summed E-state index contributed by atoms with van der Waals surface area (Å²) in [7, 11) is 0. The number of hydrogen-bond acceptors (Lipinski definition) is 4. The zero-order valence-electron chi connectivity index (χ0n) is 13.1. The molecule has 0 aromatic heterocycles. The minimum atomic E-state index is -1.02. The fraction of sp³-hybridized carbons (Fsp3) is 0.500. The van der Waals surface area contributed by atoms with Crippen LogP contribution >= 0.6 is 0 Å². The average molecular weight is 307 g/mol. The molecule has 0 aliphatic carbocycles. The third-order valence-electron chi connectivity index (χ3n) is 3.17. The molecule has 0 radical (unpaired) electrons. The van der Waals surface area contributed by atoms with Crippen LogP contribution in [0.5, 0.6) is 0 Å². The van der Waals surface area contributed by atoms with Crippen LogP contribution in [0.1, 0.15) is 31.9 Å². The van der Waals surface area contributed by atoms with Gasteiger partial charge in [-0.1, -0.05) is 18.2 Å². The van der Waals surface area contributed by atoms with E-state index in [0.717, 1.165) is 23.2 Å². The first kappa shape index (κ1) is 16.3. The Kier molecular flexibility index (Phi) is 4.71. The minimum absolute atomic E-state index is 0.148. The zero-order chi connectivity index (χ0) is 16.3. The molecule has 0 atom stereocenters. The van der Waals surface area contributed by atoms with Gasteiger partial charge in [-0.25, -0.2) is 9.59 Å². The number of aliphatic carboxylic acids is 1. The number of carboxylic acids is 1. The standard InChI is InChI=1S/C16H21NO5/c1-16(2,3)22-15(20)17-8-7-11-5-4-6-12(14(11)17)9-21-10-13(18)19/h4-6H,7-10H2,1-3H3,(H,18,19). The van der Waals surface area contributed by atoms with Crippen LogP contribution in [0.3, 0.4) is 0 Å². The third kappa shape index (κ3) is 3.98. The molecule has 22 heavy (non-hydrogen) atoms. The van der Waals surface area contributed by atoms with Crippen LogP contribution in [-0.2, 0) is 27.3 Å². The Labute approximate surface area is 129 Å². The molecule has 0 saturated carbocycles. The largest absolute Gasteiger partial charge is 0.480 e. The second-order valence-electron chi connectivity index (χ2n) is 6.19. The first-order valence-electron chi connectivity index (χ1n) is 7.19. The van der Waals surface area contributed by atoms with Gasteiger partial charge in [-0.05, 0) is 32.8 Å². The Morgan fingerprint density at radius 2 is 2.05 bits per heavy atom. The van der Waals surface area contributed by atoms with Crippen molar-refractivity contribution in [1.82, 2.24) is 0 Å². The van der Waals surface area contributed by atoms with Gasteiger partial charge in [-0.3, -0.25) is 4.90 Å². The molecule has 1 aromatic rings. The summed E-state index contributed by atoms with van der Waals surface area (Å²) in [4.78, 5) is 24.5. The van der Waals surface area contributed by atoms with E-state index in [4.69, 9.17) is 14.6 Å². The number of rotatable bonds is 4. The van der Waals surface area contributed by atoms with E-state index in [2.05, 4.69) is 0 Å². The molecule has 0 unspecified atom stereocenters. The number of carboxylic acid groups (broad SMARTS) is 1. The number of anilines is 1. The van der Waals surface area contributed by atoms with Gasteiger partial charge in [0.05, 0.1) is 12.3 Å². The summed E-state index contributed by atoms with van der Waals surface area (Å²) in [6.07, 6.45) is 0.360. The SMILES string of the molecule is CC(C)(C)OC(=O)N1CCc2cccc(COCC(=O)O)c21. The van der Waals surface area contributed by atoms with Crippen LogP contribution in [0.4, 0.5) is 10.5 Å². The lowest BCUT2D eigenvalue weighted by atomic mass is 10.1.